The number of fused-ring (bicyclic) bond motifs is 1. The van der Waals surface area contributed by atoms with Crippen LogP contribution in [0.25, 0.3) is 0 Å². The molecule has 21 heavy (non-hydrogen) atoms. The van der Waals surface area contributed by atoms with Crippen LogP contribution in [0.2, 0.25) is 0 Å². The molecule has 1 aliphatic carbocycles. The molecule has 1 aromatic rings. The smallest absolute Gasteiger partial charge is 0.387 e. The summed E-state index contributed by atoms with van der Waals surface area (Å²) in [4.78, 5) is 12.0. The summed E-state index contributed by atoms with van der Waals surface area (Å²) in [5.74, 6) is -0.0804. The van der Waals surface area contributed by atoms with E-state index in [1.807, 2.05) is 0 Å². The molecule has 0 bridgehead atoms. The van der Waals surface area contributed by atoms with Gasteiger partial charge in [0.2, 0.25) is 5.91 Å². The van der Waals surface area contributed by atoms with Crippen molar-refractivity contribution in [1.82, 2.24) is 5.32 Å². The molecule has 0 fully saturated rings. The van der Waals surface area contributed by atoms with Gasteiger partial charge in [-0.3, -0.25) is 4.79 Å². The van der Waals surface area contributed by atoms with E-state index in [1.165, 1.54) is 6.07 Å². The molecule has 3 N–H and O–H groups in total. The molecule has 0 heterocycles. The first-order valence-electron chi connectivity index (χ1n) is 6.95. The van der Waals surface area contributed by atoms with Gasteiger partial charge >= 0.3 is 6.61 Å². The summed E-state index contributed by atoms with van der Waals surface area (Å²) in [7, 11) is 0. The monoisotopic (exact) mass is 298 g/mol. The Bertz CT molecular complexity index is 527. The Kier molecular flexibility index (Phi) is 4.46. The lowest BCUT2D eigenvalue weighted by Gasteiger charge is -2.29. The molecule has 1 aromatic carbocycles. The first-order chi connectivity index (χ1) is 9.77. The number of halogens is 2. The number of hydrogen-bond donors (Lipinski definition) is 2. The van der Waals surface area contributed by atoms with E-state index < -0.39 is 12.2 Å². The Hall–Kier alpha value is -1.69. The van der Waals surface area contributed by atoms with Crippen molar-refractivity contribution >= 4 is 5.91 Å². The number of nitrogens with two attached hydrogens (primary N) is 1. The van der Waals surface area contributed by atoms with Crippen molar-refractivity contribution in [3.05, 3.63) is 29.3 Å². The highest BCUT2D eigenvalue weighted by Gasteiger charge is 2.28. The van der Waals surface area contributed by atoms with Gasteiger partial charge in [0.05, 0.1) is 11.6 Å². The topological polar surface area (TPSA) is 64.4 Å². The van der Waals surface area contributed by atoms with Gasteiger partial charge in [-0.25, -0.2) is 0 Å². The number of carbonyl (C=O) groups is 1. The van der Waals surface area contributed by atoms with Crippen molar-refractivity contribution in [1.29, 1.82) is 0 Å². The van der Waals surface area contributed by atoms with Crippen molar-refractivity contribution in [3.63, 3.8) is 0 Å². The molecule has 4 nitrogen and oxygen atoms in total. The molecule has 116 valence electrons. The highest BCUT2D eigenvalue weighted by Crippen LogP contribution is 2.32. The molecule has 1 unspecified atom stereocenters. The van der Waals surface area contributed by atoms with Crippen LogP contribution in [0.5, 0.6) is 5.75 Å². The number of aryl methyl sites for hydroxylation is 1. The SMILES string of the molecule is CC(C)(N)C(=O)NC1CCCc2cc(OC(F)F)ccc21. The van der Waals surface area contributed by atoms with E-state index in [1.54, 1.807) is 26.0 Å². The molecule has 0 radical (unpaired) electrons. The number of carbonyl (C=O) groups excluding carboxylic acids is 1. The highest BCUT2D eigenvalue weighted by molar-refractivity contribution is 5.85. The molecule has 0 spiro atoms. The molecule has 0 aliphatic heterocycles. The third kappa shape index (κ3) is 3.91. The van der Waals surface area contributed by atoms with Crippen molar-refractivity contribution in [3.8, 4) is 5.75 Å². The zero-order chi connectivity index (χ0) is 15.6. The summed E-state index contributed by atoms with van der Waals surface area (Å²) in [6.07, 6.45) is 2.47. The summed E-state index contributed by atoms with van der Waals surface area (Å²) in [5, 5.41) is 2.92. The van der Waals surface area contributed by atoms with E-state index >= 15 is 0 Å². The lowest BCUT2D eigenvalue weighted by molar-refractivity contribution is -0.126. The number of amides is 1. The maximum Gasteiger partial charge on any atom is 0.387 e. The molecular weight excluding hydrogens is 278 g/mol. The summed E-state index contributed by atoms with van der Waals surface area (Å²) in [6.45, 7) is 0.456. The standard InChI is InChI=1S/C15H20F2N2O2/c1-15(2,18)13(20)19-12-5-3-4-9-8-10(21-14(16)17)6-7-11(9)12/h6-8,12,14H,3-5,18H2,1-2H3,(H,19,20). The van der Waals surface area contributed by atoms with Gasteiger partial charge < -0.3 is 15.8 Å². The molecule has 1 amide bonds. The quantitative estimate of drug-likeness (QED) is 0.897. The maximum absolute atomic E-state index is 12.2. The Morgan fingerprint density at radius 2 is 2.19 bits per heavy atom. The van der Waals surface area contributed by atoms with E-state index in [0.717, 1.165) is 30.4 Å². The van der Waals surface area contributed by atoms with Crippen LogP contribution in [0.3, 0.4) is 0 Å². The second kappa shape index (κ2) is 5.97. The summed E-state index contributed by atoms with van der Waals surface area (Å²) in [6, 6.07) is 4.72. The Balaban J connectivity index is 2.18. The number of hydrogen-bond acceptors (Lipinski definition) is 3. The van der Waals surface area contributed by atoms with E-state index in [9.17, 15) is 13.6 Å². The average molecular weight is 298 g/mol. The van der Waals surface area contributed by atoms with Gasteiger partial charge in [-0.2, -0.15) is 8.78 Å². The zero-order valence-electron chi connectivity index (χ0n) is 12.2. The van der Waals surface area contributed by atoms with Gasteiger partial charge in [0, 0.05) is 0 Å². The van der Waals surface area contributed by atoms with Crippen LogP contribution >= 0.6 is 0 Å². The molecule has 1 aliphatic rings. The van der Waals surface area contributed by atoms with Crippen molar-refractivity contribution in [2.45, 2.75) is 51.3 Å². The average Bonchev–Trinajstić information content (AvgIpc) is 2.36. The van der Waals surface area contributed by atoms with E-state index in [4.69, 9.17) is 5.73 Å². The minimum Gasteiger partial charge on any atom is -0.435 e. The van der Waals surface area contributed by atoms with Gasteiger partial charge in [-0.15, -0.1) is 0 Å². The Labute approximate surface area is 122 Å². The molecule has 0 aromatic heterocycles. The second-order valence-corrected chi connectivity index (χ2v) is 5.88. The number of ether oxygens (including phenoxy) is 1. The largest absolute Gasteiger partial charge is 0.435 e. The molecule has 0 saturated heterocycles. The van der Waals surface area contributed by atoms with Gasteiger partial charge in [0.1, 0.15) is 5.75 Å². The van der Waals surface area contributed by atoms with Crippen LogP contribution in [-0.4, -0.2) is 18.1 Å². The van der Waals surface area contributed by atoms with Gasteiger partial charge in [0.15, 0.2) is 0 Å². The predicted molar refractivity (Wildman–Crippen MR) is 75.2 cm³/mol. The molecule has 1 atom stereocenters. The third-order valence-electron chi connectivity index (χ3n) is 3.54. The fraction of sp³-hybridized carbons (Fsp3) is 0.533. The highest BCUT2D eigenvalue weighted by atomic mass is 19.3. The van der Waals surface area contributed by atoms with Crippen molar-refractivity contribution < 1.29 is 18.3 Å². The van der Waals surface area contributed by atoms with Gasteiger partial charge in [-0.05, 0) is 56.4 Å². The van der Waals surface area contributed by atoms with Crippen LogP contribution in [-0.2, 0) is 11.2 Å². The normalized spacial score (nSPS) is 18.3. The lowest BCUT2D eigenvalue weighted by Crippen LogP contribution is -2.50. The summed E-state index contributed by atoms with van der Waals surface area (Å²) >= 11 is 0. The number of benzene rings is 1. The maximum atomic E-state index is 12.2. The first kappa shape index (κ1) is 15.7. The Morgan fingerprint density at radius 1 is 1.48 bits per heavy atom. The van der Waals surface area contributed by atoms with Gasteiger partial charge in [-0.1, -0.05) is 6.07 Å². The summed E-state index contributed by atoms with van der Waals surface area (Å²) in [5.41, 5.74) is 6.71. The number of alkyl halides is 2. The van der Waals surface area contributed by atoms with Gasteiger partial charge in [0.25, 0.3) is 0 Å². The van der Waals surface area contributed by atoms with E-state index in [-0.39, 0.29) is 17.7 Å². The van der Waals surface area contributed by atoms with Crippen LogP contribution in [0.15, 0.2) is 18.2 Å². The van der Waals surface area contributed by atoms with E-state index in [0.29, 0.717) is 0 Å². The molecule has 2 rings (SSSR count). The fourth-order valence-electron chi connectivity index (χ4n) is 2.46. The minimum atomic E-state index is -2.83. The summed E-state index contributed by atoms with van der Waals surface area (Å²) < 4.78 is 28.9. The van der Waals surface area contributed by atoms with Crippen LogP contribution < -0.4 is 15.8 Å². The first-order valence-corrected chi connectivity index (χ1v) is 6.95. The van der Waals surface area contributed by atoms with E-state index in [2.05, 4.69) is 10.1 Å². The Morgan fingerprint density at radius 3 is 2.81 bits per heavy atom. The third-order valence-corrected chi connectivity index (χ3v) is 3.54. The molecular formula is C15H20F2N2O2. The number of nitrogens with one attached hydrogen (secondary N) is 1. The minimum absolute atomic E-state index is 0.135. The predicted octanol–water partition coefficient (Wildman–Crippen LogP) is 2.52. The van der Waals surface area contributed by atoms with Crippen LogP contribution in [0.4, 0.5) is 8.78 Å². The zero-order valence-corrected chi connectivity index (χ0v) is 12.2. The van der Waals surface area contributed by atoms with Crippen molar-refractivity contribution in [2.24, 2.45) is 5.73 Å². The fourth-order valence-corrected chi connectivity index (χ4v) is 2.46. The van der Waals surface area contributed by atoms with Crippen LogP contribution in [0.1, 0.15) is 43.9 Å². The number of rotatable bonds is 4. The second-order valence-electron chi connectivity index (χ2n) is 5.88. The molecule has 0 saturated carbocycles. The van der Waals surface area contributed by atoms with Crippen molar-refractivity contribution in [2.75, 3.05) is 0 Å². The molecule has 6 heteroatoms. The van der Waals surface area contributed by atoms with Crippen LogP contribution in [0, 0.1) is 0 Å². The lowest BCUT2D eigenvalue weighted by atomic mass is 9.87.